The molecule has 0 saturated heterocycles. The first-order chi connectivity index (χ1) is 9.57. The van der Waals surface area contributed by atoms with Gasteiger partial charge in [-0.15, -0.1) is 0 Å². The number of hydrazine groups is 2. The van der Waals surface area contributed by atoms with E-state index in [4.69, 9.17) is 10.5 Å². The van der Waals surface area contributed by atoms with Gasteiger partial charge in [-0.05, 0) is 0 Å². The zero-order valence-electron chi connectivity index (χ0n) is 9.17. The highest BCUT2D eigenvalue weighted by Gasteiger charge is 2.42. The molecule has 0 atom stereocenters. The molecule has 0 aromatic rings. The molecule has 0 N–H and O–H groups in total. The van der Waals surface area contributed by atoms with Crippen LogP contribution in [0.1, 0.15) is 0 Å². The van der Waals surface area contributed by atoms with Crippen LogP contribution in [0.15, 0.2) is 0 Å². The van der Waals surface area contributed by atoms with Gasteiger partial charge >= 0.3 is 20.4 Å². The molecule has 0 unspecified atom stereocenters. The molecule has 0 radical (unpaired) electrons. The lowest BCUT2D eigenvalue weighted by Crippen LogP contribution is -2.37. The monoisotopic (exact) mass is 324 g/mol. The predicted molar refractivity (Wildman–Crippen MR) is 50.8 cm³/mol. The smallest absolute Gasteiger partial charge is 0.258 e. The van der Waals surface area contributed by atoms with Crippen molar-refractivity contribution in [1.29, 1.82) is 10.5 Å². The molecule has 0 aromatic carbocycles. The van der Waals surface area contributed by atoms with Gasteiger partial charge in [0.25, 0.3) is 12.4 Å². The Morgan fingerprint density at radius 1 is 0.952 bits per heavy atom. The Morgan fingerprint density at radius 3 is 1.43 bits per heavy atom. The van der Waals surface area contributed by atoms with Crippen molar-refractivity contribution in [2.75, 3.05) is 0 Å². The van der Waals surface area contributed by atoms with Crippen LogP contribution in [0.5, 0.6) is 0 Å². The van der Waals surface area contributed by atoms with Crippen molar-refractivity contribution in [3.05, 3.63) is 20.2 Å². The quantitative estimate of drug-likeness (QED) is 0.247. The van der Waals surface area contributed by atoms with Gasteiger partial charge in [0.1, 0.15) is 0 Å². The van der Waals surface area contributed by atoms with E-state index in [1.54, 1.807) is 0 Å². The summed E-state index contributed by atoms with van der Waals surface area (Å²) in [4.78, 5) is 48.8. The highest BCUT2D eigenvalue weighted by molar-refractivity contribution is 8.18. The molecular formula is C4N6O10S. The third-order valence-electron chi connectivity index (χ3n) is 1.23. The molecule has 16 nitrogen and oxygen atoms in total. The van der Waals surface area contributed by atoms with Crippen molar-refractivity contribution in [3.8, 4) is 12.4 Å². The number of hydroxylamine groups is 2. The fourth-order valence-electron chi connectivity index (χ4n) is 0.488. The van der Waals surface area contributed by atoms with Gasteiger partial charge in [0.15, 0.2) is 10.3 Å². The third kappa shape index (κ3) is 4.15. The van der Waals surface area contributed by atoms with E-state index in [1.165, 1.54) is 0 Å². The zero-order valence-corrected chi connectivity index (χ0v) is 9.99. The summed E-state index contributed by atoms with van der Waals surface area (Å²) in [7, 11) is -5.73. The van der Waals surface area contributed by atoms with Crippen LogP contribution in [-0.4, -0.2) is 39.4 Å². The molecule has 0 amide bonds. The topological polar surface area (TPSA) is 227 Å². The lowest BCUT2D eigenvalue weighted by atomic mass is 11.3. The molecule has 0 rings (SSSR count). The molecule has 17 heteroatoms. The molecule has 0 aliphatic rings. The summed E-state index contributed by atoms with van der Waals surface area (Å²) in [5.41, 5.74) is 0. The minimum absolute atomic E-state index is 0.617. The largest absolute Gasteiger partial charge is 0.465 e. The molecule has 0 aliphatic heterocycles. The Morgan fingerprint density at radius 2 is 1.24 bits per heavy atom. The summed E-state index contributed by atoms with van der Waals surface area (Å²) in [6.07, 6.45) is 1.23. The average molecular weight is 324 g/mol. The normalized spacial score (nSPS) is 9.43. The number of nitrogens with zero attached hydrogens (tertiary/aromatic N) is 6. The van der Waals surface area contributed by atoms with E-state index in [0.717, 1.165) is 0 Å². The molecule has 21 heavy (non-hydrogen) atoms. The van der Waals surface area contributed by atoms with Gasteiger partial charge in [0.2, 0.25) is 10.1 Å². The summed E-state index contributed by atoms with van der Waals surface area (Å²) in [6, 6.07) is 0. The van der Waals surface area contributed by atoms with Crippen LogP contribution in [0.25, 0.3) is 0 Å². The maximum atomic E-state index is 11.1. The minimum atomic E-state index is -5.73. The molecule has 0 spiro atoms. The highest BCUT2D eigenvalue weighted by Crippen LogP contribution is 2.06. The van der Waals surface area contributed by atoms with Crippen molar-refractivity contribution in [2.45, 2.75) is 0 Å². The number of carbonyl (C=O) groups excluding carboxylic acids is 2. The van der Waals surface area contributed by atoms with Crippen LogP contribution in [-0.2, 0) is 19.5 Å². The van der Waals surface area contributed by atoms with Crippen LogP contribution in [0.2, 0.25) is 0 Å². The van der Waals surface area contributed by atoms with E-state index < -0.39 is 40.8 Å². The lowest BCUT2D eigenvalue weighted by Gasteiger charge is -2.05. The van der Waals surface area contributed by atoms with Crippen LogP contribution < -0.4 is 0 Å². The van der Waals surface area contributed by atoms with Gasteiger partial charge in [-0.3, -0.25) is 9.68 Å². The third-order valence-corrected chi connectivity index (χ3v) is 2.26. The maximum absolute atomic E-state index is 11.1. The molecule has 0 fully saturated rings. The number of carbonyl (C=O) groups is 2. The molecule has 0 saturated carbocycles. The number of nitro groups is 2. The first-order valence-corrected chi connectivity index (χ1v) is 5.43. The van der Waals surface area contributed by atoms with Gasteiger partial charge in [0.05, 0.1) is 0 Å². The Labute approximate surface area is 112 Å². The van der Waals surface area contributed by atoms with Crippen LogP contribution in [0, 0.1) is 43.1 Å². The fourth-order valence-corrected chi connectivity index (χ4v) is 0.961. The summed E-state index contributed by atoms with van der Waals surface area (Å²) in [6.45, 7) is 0. The second kappa shape index (κ2) is 6.44. The van der Waals surface area contributed by atoms with Crippen molar-refractivity contribution in [1.82, 2.24) is 10.3 Å². The van der Waals surface area contributed by atoms with Crippen molar-refractivity contribution in [3.63, 3.8) is 0 Å². The molecule has 0 aliphatic carbocycles. The van der Waals surface area contributed by atoms with Gasteiger partial charge in [-0.2, -0.15) is 10.5 Å². The van der Waals surface area contributed by atoms with E-state index in [1.807, 2.05) is 0 Å². The van der Waals surface area contributed by atoms with Crippen molar-refractivity contribution >= 4 is 20.4 Å². The number of sulfone groups is 1. The summed E-state index contributed by atoms with van der Waals surface area (Å²) < 4.78 is 22.2. The fraction of sp³-hybridized carbons (Fsp3) is 0. The number of rotatable bonds is 4. The minimum Gasteiger partial charge on any atom is -0.258 e. The second-order valence-electron chi connectivity index (χ2n) is 2.41. The number of hydrogen-bond donors (Lipinski definition) is 0. The maximum Gasteiger partial charge on any atom is 0.465 e. The molecule has 0 aromatic heterocycles. The Balaban J connectivity index is 5.15. The van der Waals surface area contributed by atoms with Crippen LogP contribution in [0.4, 0.5) is 9.59 Å². The van der Waals surface area contributed by atoms with Crippen molar-refractivity contribution in [2.24, 2.45) is 0 Å². The Bertz CT molecular complexity index is 617. The van der Waals surface area contributed by atoms with Gasteiger partial charge in [-0.25, -0.2) is 38.2 Å². The summed E-state index contributed by atoms with van der Waals surface area (Å²) in [5.74, 6) is 0. The molecular weight excluding hydrogens is 324 g/mol. The summed E-state index contributed by atoms with van der Waals surface area (Å²) in [5, 5.41) is 25.7. The van der Waals surface area contributed by atoms with E-state index >= 15 is 0 Å². The second-order valence-corrected chi connectivity index (χ2v) is 4.08. The number of hydrogen-bond acceptors (Lipinski definition) is 12. The lowest BCUT2D eigenvalue weighted by molar-refractivity contribution is -0.701. The van der Waals surface area contributed by atoms with E-state index in [9.17, 15) is 38.2 Å². The zero-order chi connectivity index (χ0) is 16.8. The van der Waals surface area contributed by atoms with Crippen molar-refractivity contribution < 1.29 is 37.7 Å². The van der Waals surface area contributed by atoms with Gasteiger partial charge in [-0.1, -0.05) is 0 Å². The summed E-state index contributed by atoms with van der Waals surface area (Å²) >= 11 is 0. The predicted octanol–water partition coefficient (Wildman–Crippen LogP) is -1.55. The van der Waals surface area contributed by atoms with E-state index in [2.05, 4.69) is 9.68 Å². The Kier molecular flexibility index (Phi) is 5.30. The standard InChI is InChI=1S/C4N6O10S/c5-1-7(9(13)14)19-3(11)21(17,18)4(12)20-8(2-6)10(15)16. The van der Waals surface area contributed by atoms with Crippen LogP contribution in [0.3, 0.4) is 0 Å². The first kappa shape index (κ1) is 17.3. The first-order valence-electron chi connectivity index (χ1n) is 3.95. The average Bonchev–Trinajstić information content (AvgIpc) is 2.40. The SMILES string of the molecule is N#CN(OC(=O)S(=O)(=O)C(=O)ON(C#N)[N+](=O)[O-])[N+](=O)[O-]. The number of nitriles is 2. The highest BCUT2D eigenvalue weighted by atomic mass is 32.2. The van der Waals surface area contributed by atoms with Gasteiger partial charge in [0, 0.05) is 0 Å². The van der Waals surface area contributed by atoms with E-state index in [-0.39, 0.29) is 0 Å². The van der Waals surface area contributed by atoms with Gasteiger partial charge < -0.3 is 0 Å². The van der Waals surface area contributed by atoms with E-state index in [0.29, 0.717) is 12.4 Å². The molecule has 0 bridgehead atoms. The van der Waals surface area contributed by atoms with Crippen LogP contribution >= 0.6 is 0 Å². The molecule has 0 heterocycles. The Hall–Kier alpha value is -3.73. The molecule has 112 valence electrons.